The molecule has 2 fully saturated rings. The van der Waals surface area contributed by atoms with Crippen LogP contribution in [0.15, 0.2) is 95.2 Å². The minimum atomic E-state index is -1.37. The minimum Gasteiger partial charge on any atom is -0.480 e. The van der Waals surface area contributed by atoms with Crippen LogP contribution in [0.3, 0.4) is 0 Å². The van der Waals surface area contributed by atoms with E-state index in [0.717, 1.165) is 11.1 Å². The average Bonchev–Trinajstić information content (AvgIpc) is 3.47. The van der Waals surface area contributed by atoms with Crippen LogP contribution in [0.25, 0.3) is 44.1 Å². The maximum Gasteiger partial charge on any atom is 0.325 e. The smallest absolute Gasteiger partial charge is 0.325 e. The maximum atomic E-state index is 14.4. The second-order valence-corrected chi connectivity index (χ2v) is 19.3. The summed E-state index contributed by atoms with van der Waals surface area (Å²) in [6.45, 7) is 1.60. The number of aromatic nitrogens is 12. The van der Waals surface area contributed by atoms with E-state index in [-0.39, 0.29) is 126 Å². The van der Waals surface area contributed by atoms with Gasteiger partial charge in [-0.15, -0.1) is 12.4 Å². The summed E-state index contributed by atoms with van der Waals surface area (Å²) in [7, 11) is 0. The number of nitrogens with one attached hydrogen (secondary N) is 3. The molecule has 0 saturated carbocycles. The first-order chi connectivity index (χ1) is 38.9. The van der Waals surface area contributed by atoms with Crippen molar-refractivity contribution in [3.8, 4) is 22.3 Å². The summed E-state index contributed by atoms with van der Waals surface area (Å²) < 4.78 is 30.9. The molecule has 2 aliphatic heterocycles. The lowest BCUT2D eigenvalue weighted by molar-refractivity contribution is -0.138. The fourth-order valence-electron chi connectivity index (χ4n) is 8.43. The monoisotopic (exact) mass is 1360 g/mol. The first kappa shape index (κ1) is 69.2. The second kappa shape index (κ2) is 32.1. The molecule has 0 spiro atoms. The highest BCUT2D eigenvalue weighted by Gasteiger charge is 2.40. The van der Waals surface area contributed by atoms with Crippen molar-refractivity contribution in [1.29, 1.82) is 0 Å². The fourth-order valence-corrected chi connectivity index (χ4v) is 9.04. The molecule has 8 heterocycles. The average molecular weight is 1360 g/mol. The number of aliphatic carboxylic acids is 1. The number of carbonyl (C=O) groups is 6. The van der Waals surface area contributed by atoms with Gasteiger partial charge >= 0.3 is 5.97 Å². The van der Waals surface area contributed by atoms with E-state index in [1.165, 1.54) is 52.9 Å². The van der Waals surface area contributed by atoms with Crippen molar-refractivity contribution in [3.05, 3.63) is 118 Å². The number of carboxylic acids is 1. The molecule has 84 heavy (non-hydrogen) atoms. The maximum absolute atomic E-state index is 14.4. The van der Waals surface area contributed by atoms with Gasteiger partial charge in [0.2, 0.25) is 17.7 Å². The Labute approximate surface area is 517 Å². The Hall–Kier alpha value is -7.30. The number of hydrogen-bond donors (Lipinski definition) is 6. The highest BCUT2D eigenvalue weighted by Crippen LogP contribution is 2.30. The number of alkyl halides is 2. The lowest BCUT2D eigenvalue weighted by Gasteiger charge is -2.23. The number of ketones is 2. The summed E-state index contributed by atoms with van der Waals surface area (Å²) in [4.78, 5) is 106. The third kappa shape index (κ3) is 17.6. The Morgan fingerprint density at radius 3 is 1.52 bits per heavy atom. The number of likely N-dealkylation sites (tertiary alicyclic amines) is 1. The normalized spacial score (nSPS) is 15.7. The third-order valence-electron chi connectivity index (χ3n) is 12.1. The van der Waals surface area contributed by atoms with Gasteiger partial charge in [0, 0.05) is 102 Å². The molecule has 0 unspecified atom stereocenters. The van der Waals surface area contributed by atoms with Gasteiger partial charge in [-0.1, -0.05) is 19.6 Å². The van der Waals surface area contributed by atoms with Gasteiger partial charge in [-0.2, -0.15) is 23.7 Å². The largest absolute Gasteiger partial charge is 0.480 e. The molecule has 444 valence electrons. The van der Waals surface area contributed by atoms with E-state index >= 15 is 0 Å². The molecule has 0 radical (unpaired) electrons. The zero-order valence-electron chi connectivity index (χ0n) is 43.4. The molecule has 0 aliphatic carbocycles. The first-order valence-corrected chi connectivity index (χ1v) is 26.9. The van der Waals surface area contributed by atoms with E-state index in [0.29, 0.717) is 53.8 Å². The Bertz CT molecular complexity index is 3640. The molecular weight excluding hydrogens is 1310 g/mol. The van der Waals surface area contributed by atoms with Crippen molar-refractivity contribution in [1.82, 2.24) is 69.6 Å². The van der Waals surface area contributed by atoms with E-state index in [4.69, 9.17) is 10.2 Å². The van der Waals surface area contributed by atoms with Crippen molar-refractivity contribution in [2.75, 3.05) is 23.7 Å². The van der Waals surface area contributed by atoms with Gasteiger partial charge in [0.25, 0.3) is 0 Å². The number of fused-ring (bicyclic) bond motifs is 2. The van der Waals surface area contributed by atoms with Crippen LogP contribution >= 0.6 is 57.8 Å². The fraction of sp³-hybridized carbons (Fsp3) is 0.294. The van der Waals surface area contributed by atoms with Crippen LogP contribution in [-0.4, -0.2) is 152 Å². The van der Waals surface area contributed by atoms with E-state index in [1.807, 2.05) is 0 Å². The topological polar surface area (TPSA) is 341 Å². The first-order valence-electron chi connectivity index (χ1n) is 24.0. The molecule has 2 saturated heterocycles. The predicted molar refractivity (Wildman–Crippen MR) is 323 cm³/mol. The molecule has 8 aromatic rings. The van der Waals surface area contributed by atoms with Crippen LogP contribution in [0.4, 0.5) is 20.4 Å². The van der Waals surface area contributed by atoms with E-state index in [9.17, 15) is 42.7 Å². The quantitative estimate of drug-likeness (QED) is 0.0718. The van der Waals surface area contributed by atoms with Crippen molar-refractivity contribution in [2.45, 2.75) is 84.8 Å². The van der Waals surface area contributed by atoms with Crippen LogP contribution in [0.2, 0.25) is 0 Å². The molecule has 33 heteroatoms. The molecular formula is C51H53Br2ClF2N16O9S3. The highest BCUT2D eigenvalue weighted by atomic mass is 79.9. The molecule has 6 N–H and O–H groups in total. The van der Waals surface area contributed by atoms with Crippen LogP contribution in [0.1, 0.15) is 66.7 Å². The molecule has 2 aliphatic rings. The van der Waals surface area contributed by atoms with E-state index < -0.39 is 42.2 Å². The third-order valence-corrected chi connectivity index (χ3v) is 12.8. The lowest BCUT2D eigenvalue weighted by atomic mass is 10.0. The molecule has 0 bridgehead atoms. The van der Waals surface area contributed by atoms with E-state index in [2.05, 4.69) is 120 Å². The number of nitrogens with zero attached hydrogens (tertiary/aromatic N) is 13. The van der Waals surface area contributed by atoms with Crippen LogP contribution in [-0.2, 0) is 67.9 Å². The SMILES string of the molecule is C.CC(=O)c1nn(CC(=O)N2C[C@H](F)C[C@H]2C(=O)Nc2cncc(Br)n2)c2ccc(-c3cnc(CO)nc3)cc12.CC(=O)c1nn(CC(=O)O)c2ccc(-c3cnc(CO)nc3)cc12.Cl.O=C(Nc1cncc(Br)n1)[C@@H]1C[C@@H](F)CN1.S.S=S. The molecule has 2 aromatic carbocycles. The molecule has 10 rings (SSSR count). The number of benzene rings is 2. The highest BCUT2D eigenvalue weighted by molar-refractivity contribution is 9.10. The van der Waals surface area contributed by atoms with Crippen molar-refractivity contribution in [2.24, 2.45) is 0 Å². The van der Waals surface area contributed by atoms with Gasteiger partial charge in [0.15, 0.2) is 34.9 Å². The van der Waals surface area contributed by atoms with Gasteiger partial charge < -0.3 is 36.2 Å². The summed E-state index contributed by atoms with van der Waals surface area (Å²) in [5.74, 6) is -1.84. The van der Waals surface area contributed by atoms with Gasteiger partial charge in [-0.3, -0.25) is 48.1 Å². The number of halogens is 5. The number of aliphatic hydroxyl groups excluding tert-OH is 2. The van der Waals surface area contributed by atoms with E-state index in [1.54, 1.807) is 61.2 Å². The van der Waals surface area contributed by atoms with Gasteiger partial charge in [0.05, 0.1) is 48.4 Å². The summed E-state index contributed by atoms with van der Waals surface area (Å²) in [6.07, 6.45) is 9.75. The number of rotatable bonds is 14. The lowest BCUT2D eigenvalue weighted by Crippen LogP contribution is -2.44. The number of carboxylic acid groups (broad SMARTS) is 1. The van der Waals surface area contributed by atoms with Gasteiger partial charge in [-0.25, -0.2) is 38.7 Å². The summed E-state index contributed by atoms with van der Waals surface area (Å²) >= 11 is 13.7. The molecule has 25 nitrogen and oxygen atoms in total. The standard InChI is InChI=1S/C25H22BrFN8O4.C16H14N4O4.C9H10BrFN4O.CH4.ClH.S2.H2S/c1-13(37)24-17-4-14(15-6-29-22(12-36)30-7-15)2-3-18(17)35(33-24)11-23(38)34-10-16(27)5-19(34)25(39)32-21-9-28-8-20(26)31-21;1-9(22)16-12-4-10(11-5-17-14(8-21)18-6-11)2-3-13(12)20(19-16)7-15(23)24;10-7-3-12-4-8(14-7)15-9(16)6-1-5(11)2-13-6;;;1-2;/h2-4,6-9,16,19,36H,5,10-12H2,1H3,(H,31,32,39);2-6,21H,7-8H2,1H3,(H,23,24);3-6,13H,1-2H2,(H,14,15,16);1H4;1H;;1H2/t16-,19+;;5-,6+;;;;/m1.1..../s1. The summed E-state index contributed by atoms with van der Waals surface area (Å²) in [5.41, 5.74) is 4.35. The summed E-state index contributed by atoms with van der Waals surface area (Å²) in [6, 6.07) is 8.96. The number of anilines is 2. The predicted octanol–water partition coefficient (Wildman–Crippen LogP) is 5.63. The van der Waals surface area contributed by atoms with Crippen LogP contribution < -0.4 is 16.0 Å². The Kier molecular flexibility index (Phi) is 26.4. The Morgan fingerprint density at radius 2 is 1.12 bits per heavy atom. The van der Waals surface area contributed by atoms with Gasteiger partial charge in [-0.05, 0) is 67.3 Å². The summed E-state index contributed by atoms with van der Waals surface area (Å²) in [5, 5.41) is 44.7. The number of hydrogen-bond acceptors (Lipinski definition) is 21. The van der Waals surface area contributed by atoms with Gasteiger partial charge in [0.1, 0.15) is 65.3 Å². The Balaban J connectivity index is 0.000000287. The molecule has 4 atom stereocenters. The van der Waals surface area contributed by atoms with Crippen molar-refractivity contribution < 1.29 is 52.9 Å². The number of Topliss-reactive ketones (excluding diaryl/α,β-unsaturated/α-hetero) is 2. The number of carbonyl (C=O) groups excluding carboxylic acids is 5. The zero-order valence-corrected chi connectivity index (χ0v) is 50.0. The van der Waals surface area contributed by atoms with Crippen molar-refractivity contribution >= 4 is 149 Å². The number of amides is 3. The minimum absolute atomic E-state index is 0. The van der Waals surface area contributed by atoms with Crippen molar-refractivity contribution in [3.63, 3.8) is 0 Å². The molecule has 6 aromatic heterocycles. The second-order valence-electron chi connectivity index (χ2n) is 17.7. The Morgan fingerprint density at radius 1 is 0.667 bits per heavy atom. The van der Waals surface area contributed by atoms with Crippen LogP contribution in [0.5, 0.6) is 0 Å². The zero-order chi connectivity index (χ0) is 58.5. The molecule has 3 amide bonds. The van der Waals surface area contributed by atoms with Crippen LogP contribution in [0, 0.1) is 0 Å². The number of aliphatic hydroxyl groups is 2.